The molecule has 1 N–H and O–H groups in total. The van der Waals surface area contributed by atoms with Crippen LogP contribution in [-0.2, 0) is 31.1 Å². The molecule has 8 heteroatoms. The normalized spacial score (nSPS) is 19.1. The number of carbonyl (C=O) groups excluding carboxylic acids is 3. The van der Waals surface area contributed by atoms with E-state index in [1.54, 1.807) is 0 Å². The summed E-state index contributed by atoms with van der Waals surface area (Å²) in [5, 5.41) is 5.66. The van der Waals surface area contributed by atoms with Gasteiger partial charge < -0.3 is 10.1 Å². The number of aryl methyl sites for hydroxylation is 2. The van der Waals surface area contributed by atoms with E-state index in [9.17, 15) is 14.4 Å². The Hall–Kier alpha value is -2.58. The van der Waals surface area contributed by atoms with E-state index >= 15 is 0 Å². The summed E-state index contributed by atoms with van der Waals surface area (Å²) in [5.74, 6) is -0.902. The fourth-order valence-electron chi connectivity index (χ4n) is 3.78. The Morgan fingerprint density at radius 2 is 2.07 bits per heavy atom. The number of thiazole rings is 1. The molecule has 1 aliphatic rings. The van der Waals surface area contributed by atoms with Crippen LogP contribution in [0.3, 0.4) is 0 Å². The lowest BCUT2D eigenvalue weighted by atomic mass is 9.74. The van der Waals surface area contributed by atoms with Gasteiger partial charge in [0.05, 0.1) is 35.8 Å². The molecule has 0 aliphatic carbocycles. The highest BCUT2D eigenvalue weighted by molar-refractivity contribution is 7.09. The molecule has 1 aromatic carbocycles. The number of rotatable bonds is 8. The van der Waals surface area contributed by atoms with Gasteiger partial charge in [0.1, 0.15) is 0 Å². The Balaban J connectivity index is 1.86. The van der Waals surface area contributed by atoms with Gasteiger partial charge >= 0.3 is 0 Å². The fraction of sp³-hybridized carbons (Fsp3) is 0.429. The maximum absolute atomic E-state index is 13.4. The van der Waals surface area contributed by atoms with Gasteiger partial charge in [0.15, 0.2) is 0 Å². The number of ether oxygens (including phenoxy) is 1. The second-order valence-electron chi connectivity index (χ2n) is 7.23. The first-order valence-corrected chi connectivity index (χ1v) is 10.3. The zero-order valence-electron chi connectivity index (χ0n) is 16.9. The van der Waals surface area contributed by atoms with Crippen LogP contribution in [0.15, 0.2) is 29.6 Å². The summed E-state index contributed by atoms with van der Waals surface area (Å²) in [5.41, 5.74) is 1.18. The van der Waals surface area contributed by atoms with Crippen LogP contribution in [0.25, 0.3) is 0 Å². The molecular formula is C21H25N3O4S. The molecule has 1 saturated heterocycles. The topological polar surface area (TPSA) is 88.6 Å². The predicted molar refractivity (Wildman–Crippen MR) is 109 cm³/mol. The van der Waals surface area contributed by atoms with Gasteiger partial charge in [-0.25, -0.2) is 4.98 Å². The van der Waals surface area contributed by atoms with Gasteiger partial charge in [0.2, 0.25) is 17.7 Å². The molecule has 0 bridgehead atoms. The van der Waals surface area contributed by atoms with Gasteiger partial charge in [-0.2, -0.15) is 0 Å². The van der Waals surface area contributed by atoms with E-state index in [0.717, 1.165) is 21.8 Å². The van der Waals surface area contributed by atoms with Crippen molar-refractivity contribution in [3.8, 4) is 0 Å². The minimum atomic E-state index is -1.20. The van der Waals surface area contributed by atoms with Gasteiger partial charge in [-0.1, -0.05) is 24.3 Å². The molecule has 1 aromatic heterocycles. The molecule has 3 amide bonds. The number of benzene rings is 1. The Morgan fingerprint density at radius 3 is 2.72 bits per heavy atom. The van der Waals surface area contributed by atoms with Crippen molar-refractivity contribution in [1.29, 1.82) is 0 Å². The largest absolute Gasteiger partial charge is 0.383 e. The molecule has 3 rings (SSSR count). The zero-order chi connectivity index (χ0) is 21.0. The standard InChI is InChI=1S/C21H25N3O4S/c1-14-6-4-5-7-17(14)21(11-19(26)24(20(21)27)8-9-28-3)10-18(25)22-12-16-13-29-15(2)23-16/h4-7,13H,8-12H2,1-3H3,(H,22,25). The number of amides is 3. The smallest absolute Gasteiger partial charge is 0.240 e. The lowest BCUT2D eigenvalue weighted by molar-refractivity contribution is -0.141. The summed E-state index contributed by atoms with van der Waals surface area (Å²) in [7, 11) is 1.52. The number of imide groups is 1. The van der Waals surface area contributed by atoms with Crippen LogP contribution in [0, 0.1) is 13.8 Å². The highest BCUT2D eigenvalue weighted by Gasteiger charge is 2.54. The molecule has 1 aliphatic heterocycles. The molecule has 0 radical (unpaired) electrons. The number of nitrogens with zero attached hydrogens (tertiary/aromatic N) is 2. The van der Waals surface area contributed by atoms with Crippen molar-refractivity contribution >= 4 is 29.1 Å². The van der Waals surface area contributed by atoms with Crippen LogP contribution in [0.5, 0.6) is 0 Å². The Bertz CT molecular complexity index is 926. The van der Waals surface area contributed by atoms with Crippen molar-refractivity contribution < 1.29 is 19.1 Å². The molecule has 2 heterocycles. The average molecular weight is 416 g/mol. The quantitative estimate of drug-likeness (QED) is 0.667. The van der Waals surface area contributed by atoms with E-state index in [4.69, 9.17) is 4.74 Å². The molecule has 1 unspecified atom stereocenters. The fourth-order valence-corrected chi connectivity index (χ4v) is 4.39. The average Bonchev–Trinajstić information content (AvgIpc) is 3.20. The number of methoxy groups -OCH3 is 1. The van der Waals surface area contributed by atoms with Crippen LogP contribution >= 0.6 is 11.3 Å². The summed E-state index contributed by atoms with van der Waals surface area (Å²) < 4.78 is 5.04. The van der Waals surface area contributed by atoms with E-state index in [1.165, 1.54) is 23.3 Å². The zero-order valence-corrected chi connectivity index (χ0v) is 17.7. The Morgan fingerprint density at radius 1 is 1.31 bits per heavy atom. The second kappa shape index (κ2) is 8.84. The molecule has 2 aromatic rings. The highest BCUT2D eigenvalue weighted by Crippen LogP contribution is 2.41. The van der Waals surface area contributed by atoms with Crippen molar-refractivity contribution in [1.82, 2.24) is 15.2 Å². The van der Waals surface area contributed by atoms with Gasteiger partial charge in [-0.3, -0.25) is 19.3 Å². The monoisotopic (exact) mass is 415 g/mol. The van der Waals surface area contributed by atoms with Crippen molar-refractivity contribution in [2.45, 2.75) is 38.6 Å². The van der Waals surface area contributed by atoms with Crippen LogP contribution in [0.2, 0.25) is 0 Å². The van der Waals surface area contributed by atoms with Crippen molar-refractivity contribution in [2.24, 2.45) is 0 Å². The Labute approximate surface area is 174 Å². The van der Waals surface area contributed by atoms with E-state index in [-0.39, 0.29) is 43.7 Å². The number of likely N-dealkylation sites (tertiary alicyclic amines) is 1. The summed E-state index contributed by atoms with van der Waals surface area (Å²) >= 11 is 1.52. The third-order valence-corrected chi connectivity index (χ3v) is 6.01. The third-order valence-electron chi connectivity index (χ3n) is 5.18. The number of hydrogen-bond donors (Lipinski definition) is 1. The molecule has 0 spiro atoms. The first-order chi connectivity index (χ1) is 13.9. The van der Waals surface area contributed by atoms with Crippen LogP contribution < -0.4 is 5.32 Å². The van der Waals surface area contributed by atoms with Gasteiger partial charge in [-0.05, 0) is 25.0 Å². The van der Waals surface area contributed by atoms with Crippen LogP contribution in [-0.4, -0.2) is 47.9 Å². The second-order valence-corrected chi connectivity index (χ2v) is 8.29. The minimum absolute atomic E-state index is 0.0242. The van der Waals surface area contributed by atoms with Gasteiger partial charge in [-0.15, -0.1) is 11.3 Å². The highest BCUT2D eigenvalue weighted by atomic mass is 32.1. The van der Waals surface area contributed by atoms with Gasteiger partial charge in [0, 0.05) is 25.3 Å². The number of nitrogens with one attached hydrogen (secondary N) is 1. The first kappa shape index (κ1) is 21.1. The van der Waals surface area contributed by atoms with E-state index in [0.29, 0.717) is 6.54 Å². The lowest BCUT2D eigenvalue weighted by Crippen LogP contribution is -2.43. The SMILES string of the molecule is COCCN1C(=O)CC(CC(=O)NCc2csc(C)n2)(c2ccccc2C)C1=O. The van der Waals surface area contributed by atoms with Gasteiger partial charge in [0.25, 0.3) is 0 Å². The minimum Gasteiger partial charge on any atom is -0.383 e. The predicted octanol–water partition coefficient (Wildman–Crippen LogP) is 2.11. The first-order valence-electron chi connectivity index (χ1n) is 9.45. The maximum atomic E-state index is 13.4. The van der Waals surface area contributed by atoms with Crippen molar-refractivity contribution in [2.75, 3.05) is 20.3 Å². The molecule has 1 fully saturated rings. The molecule has 154 valence electrons. The van der Waals surface area contributed by atoms with Crippen LogP contribution in [0.4, 0.5) is 0 Å². The van der Waals surface area contributed by atoms with E-state index in [1.807, 2.05) is 43.5 Å². The van der Waals surface area contributed by atoms with Crippen molar-refractivity contribution in [3.05, 3.63) is 51.5 Å². The number of carbonyl (C=O) groups is 3. The van der Waals surface area contributed by atoms with Crippen LogP contribution in [0.1, 0.15) is 34.7 Å². The molecule has 29 heavy (non-hydrogen) atoms. The molecular weight excluding hydrogens is 390 g/mol. The number of aromatic nitrogens is 1. The molecule has 0 saturated carbocycles. The van der Waals surface area contributed by atoms with Crippen molar-refractivity contribution in [3.63, 3.8) is 0 Å². The summed E-state index contributed by atoms with van der Waals surface area (Å²) in [6.07, 6.45) is -0.112. The summed E-state index contributed by atoms with van der Waals surface area (Å²) in [4.78, 5) is 44.4. The lowest BCUT2D eigenvalue weighted by Gasteiger charge is -2.28. The third kappa shape index (κ3) is 4.38. The summed E-state index contributed by atoms with van der Waals surface area (Å²) in [6, 6.07) is 7.43. The van der Waals surface area contributed by atoms with E-state index < -0.39 is 5.41 Å². The maximum Gasteiger partial charge on any atom is 0.240 e. The van der Waals surface area contributed by atoms with E-state index in [2.05, 4.69) is 10.3 Å². The summed E-state index contributed by atoms with van der Waals surface area (Å²) in [6.45, 7) is 4.53. The Kier molecular flexibility index (Phi) is 6.44. The molecule has 1 atom stereocenters. The number of hydrogen-bond acceptors (Lipinski definition) is 6. The molecule has 7 nitrogen and oxygen atoms in total.